The molecule has 2 atom stereocenters. The number of nitro groups is 1. The number of carbonyl (C=O) groups is 1. The van der Waals surface area contributed by atoms with Gasteiger partial charge in [0, 0.05) is 12.6 Å². The molecule has 1 fully saturated rings. The second-order valence-corrected chi connectivity index (χ2v) is 7.73. The Morgan fingerprint density at radius 2 is 2.12 bits per heavy atom. The normalized spacial score (nSPS) is 22.2. The molecule has 0 unspecified atom stereocenters. The van der Waals surface area contributed by atoms with Crippen LogP contribution in [0.2, 0.25) is 0 Å². The summed E-state index contributed by atoms with van der Waals surface area (Å²) in [6.07, 6.45) is 0.519. The van der Waals surface area contributed by atoms with E-state index in [2.05, 4.69) is 10.3 Å². The first-order valence-electron chi connectivity index (χ1n) is 8.45. The predicted octanol–water partition coefficient (Wildman–Crippen LogP) is 3.16. The summed E-state index contributed by atoms with van der Waals surface area (Å²) in [6.45, 7) is 11.3. The van der Waals surface area contributed by atoms with Gasteiger partial charge in [0.15, 0.2) is 0 Å². The number of ether oxygens (including phenoxy) is 2. The fraction of sp³-hybridized carbons (Fsp3) is 0.647. The zero-order valence-corrected chi connectivity index (χ0v) is 16.0. The summed E-state index contributed by atoms with van der Waals surface area (Å²) in [4.78, 5) is 28.5. The van der Waals surface area contributed by atoms with Crippen LogP contribution in [-0.2, 0) is 9.47 Å². The van der Waals surface area contributed by atoms with E-state index in [1.807, 2.05) is 41.5 Å². The van der Waals surface area contributed by atoms with Crippen LogP contribution < -0.4 is 5.32 Å². The van der Waals surface area contributed by atoms with Gasteiger partial charge in [-0.1, -0.05) is 0 Å². The Morgan fingerprint density at radius 1 is 1.46 bits per heavy atom. The van der Waals surface area contributed by atoms with E-state index in [4.69, 9.17) is 9.47 Å². The lowest BCUT2D eigenvalue weighted by molar-refractivity contribution is -0.385. The maximum absolute atomic E-state index is 12.7. The Bertz CT molecular complexity index is 669. The Morgan fingerprint density at radius 3 is 2.62 bits per heavy atom. The molecule has 0 saturated carbocycles. The van der Waals surface area contributed by atoms with E-state index in [-0.39, 0.29) is 17.8 Å². The van der Waals surface area contributed by atoms with Gasteiger partial charge >= 0.3 is 6.09 Å². The van der Waals surface area contributed by atoms with Crippen LogP contribution in [0.5, 0.6) is 0 Å². The number of aromatic nitrogens is 1. The first kappa shape index (κ1) is 19.9. The molecule has 0 aliphatic carbocycles. The van der Waals surface area contributed by atoms with Gasteiger partial charge < -0.3 is 14.8 Å². The first-order valence-corrected chi connectivity index (χ1v) is 8.45. The van der Waals surface area contributed by atoms with Gasteiger partial charge in [0.1, 0.15) is 23.3 Å². The molecule has 1 saturated heterocycles. The van der Waals surface area contributed by atoms with E-state index in [0.29, 0.717) is 12.4 Å². The summed E-state index contributed by atoms with van der Waals surface area (Å²) in [5.74, 6) is 0.483. The summed E-state index contributed by atoms with van der Waals surface area (Å²) in [7, 11) is 0. The van der Waals surface area contributed by atoms with Crippen molar-refractivity contribution in [3.63, 3.8) is 0 Å². The van der Waals surface area contributed by atoms with Crippen molar-refractivity contribution in [2.75, 3.05) is 11.9 Å². The van der Waals surface area contributed by atoms with Gasteiger partial charge in [-0.2, -0.15) is 0 Å². The largest absolute Gasteiger partial charge is 0.444 e. The smallest absolute Gasteiger partial charge is 0.412 e. The molecule has 1 amide bonds. The van der Waals surface area contributed by atoms with E-state index in [0.717, 1.165) is 0 Å². The van der Waals surface area contributed by atoms with Gasteiger partial charge in [-0.15, -0.1) is 0 Å². The molecule has 1 aromatic heterocycles. The number of rotatable bonds is 4. The minimum Gasteiger partial charge on any atom is -0.444 e. The summed E-state index contributed by atoms with van der Waals surface area (Å²) < 4.78 is 11.4. The second-order valence-electron chi connectivity index (χ2n) is 7.73. The molecular formula is C17H26N4O5. The standard InChI is InChI=1S/C17H26N4O5/c1-11-13(10-19-14-8-7-12(9-18-14)21(23)24)20(17(5,6)25-11)15(22)26-16(2,3)4/h7-9,11,13H,10H2,1-6H3,(H,18,19)/t11-,13-/m0/s1. The molecule has 144 valence electrons. The predicted molar refractivity (Wildman–Crippen MR) is 95.9 cm³/mol. The third-order valence-corrected chi connectivity index (χ3v) is 3.97. The van der Waals surface area contributed by atoms with Crippen LogP contribution in [0.4, 0.5) is 16.3 Å². The molecule has 26 heavy (non-hydrogen) atoms. The second kappa shape index (κ2) is 7.06. The zero-order valence-electron chi connectivity index (χ0n) is 16.0. The first-order chi connectivity index (χ1) is 11.9. The summed E-state index contributed by atoms with van der Waals surface area (Å²) in [6, 6.07) is 2.62. The number of carbonyl (C=O) groups excluding carboxylic acids is 1. The molecule has 2 heterocycles. The maximum Gasteiger partial charge on any atom is 0.412 e. The van der Waals surface area contributed by atoms with Crippen molar-refractivity contribution in [2.24, 2.45) is 0 Å². The number of pyridine rings is 1. The van der Waals surface area contributed by atoms with Crippen molar-refractivity contribution in [2.45, 2.75) is 65.0 Å². The molecule has 0 radical (unpaired) electrons. The van der Waals surface area contributed by atoms with E-state index in [9.17, 15) is 14.9 Å². The Kier molecular flexibility index (Phi) is 5.41. The number of anilines is 1. The molecule has 0 spiro atoms. The number of nitrogens with one attached hydrogen (secondary N) is 1. The van der Waals surface area contributed by atoms with E-state index < -0.39 is 22.3 Å². The molecule has 1 aliphatic rings. The molecule has 1 aromatic rings. The monoisotopic (exact) mass is 366 g/mol. The third kappa shape index (κ3) is 4.60. The summed E-state index contributed by atoms with van der Waals surface area (Å²) >= 11 is 0. The van der Waals surface area contributed by atoms with Gasteiger partial charge in [-0.05, 0) is 47.6 Å². The van der Waals surface area contributed by atoms with Gasteiger partial charge in [0.05, 0.1) is 17.1 Å². The van der Waals surface area contributed by atoms with Gasteiger partial charge in [0.2, 0.25) is 0 Å². The lowest BCUT2D eigenvalue weighted by Gasteiger charge is -2.35. The van der Waals surface area contributed by atoms with Crippen LogP contribution in [0.3, 0.4) is 0 Å². The number of hydrogen-bond donors (Lipinski definition) is 1. The van der Waals surface area contributed by atoms with Crippen LogP contribution in [0.25, 0.3) is 0 Å². The SMILES string of the molecule is C[C@@H]1OC(C)(C)N(C(=O)OC(C)(C)C)[C@H]1CNc1ccc([N+](=O)[O-])cn1. The quantitative estimate of drug-likeness (QED) is 0.644. The Balaban J connectivity index is 2.11. The maximum atomic E-state index is 12.7. The minimum absolute atomic E-state index is 0.0790. The molecule has 1 N–H and O–H groups in total. The number of hydrogen-bond acceptors (Lipinski definition) is 7. The lowest BCUT2D eigenvalue weighted by Crippen LogP contribution is -2.52. The van der Waals surface area contributed by atoms with Crippen LogP contribution in [0.15, 0.2) is 18.3 Å². The van der Waals surface area contributed by atoms with Crippen LogP contribution in [0.1, 0.15) is 41.5 Å². The topological polar surface area (TPSA) is 107 Å². The van der Waals surface area contributed by atoms with E-state index in [1.165, 1.54) is 18.3 Å². The van der Waals surface area contributed by atoms with Crippen molar-refractivity contribution in [3.05, 3.63) is 28.4 Å². The Labute approximate surface area is 152 Å². The Hall–Kier alpha value is -2.42. The van der Waals surface area contributed by atoms with E-state index >= 15 is 0 Å². The molecule has 9 nitrogen and oxygen atoms in total. The van der Waals surface area contributed by atoms with Gasteiger partial charge in [-0.25, -0.2) is 9.78 Å². The highest BCUT2D eigenvalue weighted by Gasteiger charge is 2.49. The third-order valence-electron chi connectivity index (χ3n) is 3.97. The minimum atomic E-state index is -0.809. The van der Waals surface area contributed by atoms with E-state index in [1.54, 1.807) is 4.90 Å². The van der Waals surface area contributed by atoms with Crippen molar-refractivity contribution < 1.29 is 19.2 Å². The number of nitrogens with zero attached hydrogens (tertiary/aromatic N) is 3. The highest BCUT2D eigenvalue weighted by Crippen LogP contribution is 2.33. The summed E-state index contributed by atoms with van der Waals surface area (Å²) in [5.41, 5.74) is -1.50. The van der Waals surface area contributed by atoms with Crippen molar-refractivity contribution in [3.8, 4) is 0 Å². The highest BCUT2D eigenvalue weighted by molar-refractivity contribution is 5.70. The van der Waals surface area contributed by atoms with Crippen molar-refractivity contribution in [1.29, 1.82) is 0 Å². The van der Waals surface area contributed by atoms with Crippen LogP contribution in [0, 0.1) is 10.1 Å². The highest BCUT2D eigenvalue weighted by atomic mass is 16.6. The number of amides is 1. The lowest BCUT2D eigenvalue weighted by atomic mass is 10.1. The molecule has 0 bridgehead atoms. The average molecular weight is 366 g/mol. The molecule has 9 heteroatoms. The van der Waals surface area contributed by atoms with Crippen LogP contribution >= 0.6 is 0 Å². The molecule has 1 aliphatic heterocycles. The van der Waals surface area contributed by atoms with Gasteiger partial charge in [-0.3, -0.25) is 15.0 Å². The van der Waals surface area contributed by atoms with Gasteiger partial charge in [0.25, 0.3) is 5.69 Å². The zero-order chi connectivity index (χ0) is 19.7. The fourth-order valence-electron chi connectivity index (χ4n) is 2.93. The average Bonchev–Trinajstić information content (AvgIpc) is 2.72. The fourth-order valence-corrected chi connectivity index (χ4v) is 2.93. The van der Waals surface area contributed by atoms with Crippen molar-refractivity contribution >= 4 is 17.6 Å². The molecule has 2 rings (SSSR count). The summed E-state index contributed by atoms with van der Waals surface area (Å²) in [5, 5.41) is 13.8. The molecular weight excluding hydrogens is 340 g/mol. The molecule has 0 aromatic carbocycles. The van der Waals surface area contributed by atoms with Crippen LogP contribution in [-0.4, -0.2) is 50.9 Å². The van der Waals surface area contributed by atoms with Crippen molar-refractivity contribution in [1.82, 2.24) is 9.88 Å².